The largest absolute Gasteiger partial charge is 0.369 e. The molecule has 0 bridgehead atoms. The lowest BCUT2D eigenvalue weighted by Crippen LogP contribution is -2.39. The van der Waals surface area contributed by atoms with E-state index in [1.165, 1.54) is 0 Å². The Hall–Kier alpha value is 0.220. The van der Waals surface area contributed by atoms with Crippen LogP contribution in [0.1, 0.15) is 38.5 Å². The van der Waals surface area contributed by atoms with Gasteiger partial charge in [0.15, 0.2) is 0 Å². The summed E-state index contributed by atoms with van der Waals surface area (Å²) in [6.07, 6.45) is 4.50. The van der Waals surface area contributed by atoms with Gasteiger partial charge >= 0.3 is 15.2 Å². The van der Waals surface area contributed by atoms with Crippen molar-refractivity contribution in [3.8, 4) is 0 Å². The highest BCUT2D eigenvalue weighted by Crippen LogP contribution is 2.68. The third-order valence-electron chi connectivity index (χ3n) is 3.93. The standard InChI is InChI=1S/C10H23NO7P2/c1-11(9-5-3-2-4-6-9)8-7-10(12,19(13,14)15)20(16,17)18/h9,12H,2-8H2,1H3,(H2,13,14,15)(H2,16,17,18). The minimum absolute atomic E-state index is 0.0113. The van der Waals surface area contributed by atoms with E-state index in [2.05, 4.69) is 0 Å². The van der Waals surface area contributed by atoms with Gasteiger partial charge < -0.3 is 29.6 Å². The zero-order valence-corrected chi connectivity index (χ0v) is 13.2. The summed E-state index contributed by atoms with van der Waals surface area (Å²) in [7, 11) is -8.95. The molecule has 1 rings (SSSR count). The molecule has 1 fully saturated rings. The molecule has 8 nitrogen and oxygen atoms in total. The molecule has 20 heavy (non-hydrogen) atoms. The molecule has 0 spiro atoms. The summed E-state index contributed by atoms with van der Waals surface area (Å²) >= 11 is 0. The van der Waals surface area contributed by atoms with Gasteiger partial charge in [0.1, 0.15) is 0 Å². The second-order valence-corrected chi connectivity index (χ2v) is 9.39. The fraction of sp³-hybridized carbons (Fsp3) is 1.00. The molecular weight excluding hydrogens is 308 g/mol. The number of nitrogens with zero attached hydrogens (tertiary/aromatic N) is 1. The van der Waals surface area contributed by atoms with Crippen LogP contribution in [0, 0.1) is 0 Å². The van der Waals surface area contributed by atoms with Crippen molar-refractivity contribution in [2.45, 2.75) is 49.6 Å². The lowest BCUT2D eigenvalue weighted by Gasteiger charge is -2.35. The second kappa shape index (κ2) is 6.55. The first-order valence-corrected chi connectivity index (χ1v) is 9.75. The molecule has 1 saturated carbocycles. The smallest absolute Gasteiger partial charge is 0.367 e. The van der Waals surface area contributed by atoms with Gasteiger partial charge in [-0.1, -0.05) is 19.3 Å². The Balaban J connectivity index is 2.73. The third-order valence-corrected chi connectivity index (χ3v) is 7.81. The normalized spacial score (nSPS) is 19.6. The van der Waals surface area contributed by atoms with Gasteiger partial charge in [-0.3, -0.25) is 9.13 Å². The van der Waals surface area contributed by atoms with Crippen LogP contribution in [0.4, 0.5) is 0 Å². The topological polar surface area (TPSA) is 139 Å². The van der Waals surface area contributed by atoms with Crippen LogP contribution in [-0.2, 0) is 9.13 Å². The van der Waals surface area contributed by atoms with E-state index in [1.54, 1.807) is 11.9 Å². The minimum atomic E-state index is -5.34. The van der Waals surface area contributed by atoms with E-state index in [4.69, 9.17) is 19.6 Å². The van der Waals surface area contributed by atoms with Crippen molar-refractivity contribution >= 4 is 15.2 Å². The molecule has 1 aliphatic carbocycles. The number of rotatable bonds is 6. The van der Waals surface area contributed by atoms with Crippen molar-refractivity contribution in [3.05, 3.63) is 0 Å². The zero-order valence-electron chi connectivity index (χ0n) is 11.4. The van der Waals surface area contributed by atoms with Gasteiger partial charge in [-0.15, -0.1) is 0 Å². The lowest BCUT2D eigenvalue weighted by atomic mass is 9.94. The molecule has 0 aromatic heterocycles. The van der Waals surface area contributed by atoms with Crippen LogP contribution in [0.15, 0.2) is 0 Å². The molecule has 5 N–H and O–H groups in total. The fourth-order valence-corrected chi connectivity index (χ4v) is 4.63. The van der Waals surface area contributed by atoms with E-state index in [-0.39, 0.29) is 12.6 Å². The molecule has 0 aliphatic heterocycles. The molecule has 0 radical (unpaired) electrons. The van der Waals surface area contributed by atoms with E-state index >= 15 is 0 Å². The van der Waals surface area contributed by atoms with Gasteiger partial charge in [0, 0.05) is 19.0 Å². The predicted octanol–water partition coefficient (Wildman–Crippen LogP) is 0.642. The van der Waals surface area contributed by atoms with Crippen LogP contribution in [0.3, 0.4) is 0 Å². The van der Waals surface area contributed by atoms with Crippen molar-refractivity contribution in [1.29, 1.82) is 0 Å². The summed E-state index contributed by atoms with van der Waals surface area (Å²) in [5, 5.41) is 6.48. The average Bonchev–Trinajstić information content (AvgIpc) is 2.33. The molecule has 0 amide bonds. The monoisotopic (exact) mass is 331 g/mol. The first kappa shape index (κ1) is 18.3. The molecule has 10 heteroatoms. The van der Waals surface area contributed by atoms with E-state index in [9.17, 15) is 14.2 Å². The number of aliphatic hydroxyl groups is 1. The first-order chi connectivity index (χ1) is 8.99. The quantitative estimate of drug-likeness (QED) is 0.447. The maximum absolute atomic E-state index is 11.2. The molecule has 0 aromatic rings. The van der Waals surface area contributed by atoms with Gasteiger partial charge in [0.25, 0.3) is 5.08 Å². The van der Waals surface area contributed by atoms with Crippen molar-refractivity contribution in [2.24, 2.45) is 0 Å². The first-order valence-electron chi connectivity index (χ1n) is 6.53. The van der Waals surface area contributed by atoms with Gasteiger partial charge in [0.05, 0.1) is 0 Å². The molecule has 120 valence electrons. The summed E-state index contributed by atoms with van der Waals surface area (Å²) in [6, 6.07) is 0.224. The van der Waals surface area contributed by atoms with Gasteiger partial charge in [0.2, 0.25) is 0 Å². The Morgan fingerprint density at radius 1 is 1.05 bits per heavy atom. The third kappa shape index (κ3) is 4.12. The predicted molar refractivity (Wildman–Crippen MR) is 73.2 cm³/mol. The Bertz CT molecular complexity index is 390. The van der Waals surface area contributed by atoms with Gasteiger partial charge in [-0.2, -0.15) is 0 Å². The highest BCUT2D eigenvalue weighted by atomic mass is 31.2. The van der Waals surface area contributed by atoms with Crippen LogP contribution in [-0.4, -0.2) is 54.3 Å². The van der Waals surface area contributed by atoms with E-state index in [1.807, 2.05) is 0 Å². The highest BCUT2D eigenvalue weighted by Gasteiger charge is 2.58. The summed E-state index contributed by atoms with van der Waals surface area (Å²) in [5.74, 6) is 0. The Labute approximate surface area is 118 Å². The zero-order chi connectivity index (χ0) is 15.6. The number of hydrogen-bond acceptors (Lipinski definition) is 4. The van der Waals surface area contributed by atoms with Gasteiger partial charge in [-0.25, -0.2) is 0 Å². The van der Waals surface area contributed by atoms with E-state index in [0.29, 0.717) is 0 Å². The number of hydrogen-bond donors (Lipinski definition) is 5. The van der Waals surface area contributed by atoms with Crippen LogP contribution >= 0.6 is 15.2 Å². The Kier molecular flexibility index (Phi) is 5.98. The second-order valence-electron chi connectivity index (χ2n) is 5.38. The Morgan fingerprint density at radius 2 is 1.50 bits per heavy atom. The van der Waals surface area contributed by atoms with Crippen molar-refractivity contribution in [2.75, 3.05) is 13.6 Å². The molecule has 1 aliphatic rings. The van der Waals surface area contributed by atoms with Crippen LogP contribution < -0.4 is 0 Å². The average molecular weight is 331 g/mol. The Morgan fingerprint density at radius 3 is 1.90 bits per heavy atom. The maximum atomic E-state index is 11.2. The van der Waals surface area contributed by atoms with Crippen LogP contribution in [0.2, 0.25) is 0 Å². The van der Waals surface area contributed by atoms with E-state index in [0.717, 1.165) is 32.1 Å². The lowest BCUT2D eigenvalue weighted by molar-refractivity contribution is 0.0996. The SMILES string of the molecule is CN(CCC(O)(P(=O)(O)O)P(=O)(O)O)C1CCCCC1. The molecule has 0 aromatic carbocycles. The summed E-state index contributed by atoms with van der Waals surface area (Å²) in [5.41, 5.74) is 0. The van der Waals surface area contributed by atoms with Crippen LogP contribution in [0.25, 0.3) is 0 Å². The highest BCUT2D eigenvalue weighted by molar-refractivity contribution is 7.72. The molecule has 0 heterocycles. The molecular formula is C10H23NO7P2. The van der Waals surface area contributed by atoms with Crippen LogP contribution in [0.5, 0.6) is 0 Å². The minimum Gasteiger partial charge on any atom is -0.367 e. The molecule has 0 unspecified atom stereocenters. The van der Waals surface area contributed by atoms with Crippen molar-refractivity contribution in [3.63, 3.8) is 0 Å². The van der Waals surface area contributed by atoms with Gasteiger partial charge in [-0.05, 0) is 19.9 Å². The van der Waals surface area contributed by atoms with Crippen molar-refractivity contribution in [1.82, 2.24) is 4.90 Å². The molecule has 0 saturated heterocycles. The molecule has 0 atom stereocenters. The van der Waals surface area contributed by atoms with E-state index < -0.39 is 26.7 Å². The summed E-state index contributed by atoms with van der Waals surface area (Å²) in [6.45, 7) is 0.0113. The summed E-state index contributed by atoms with van der Waals surface area (Å²) in [4.78, 5) is 38.0. The summed E-state index contributed by atoms with van der Waals surface area (Å²) < 4.78 is 22.4. The maximum Gasteiger partial charge on any atom is 0.369 e. The van der Waals surface area contributed by atoms with Crippen molar-refractivity contribution < 1.29 is 33.8 Å². The fourth-order valence-electron chi connectivity index (χ4n) is 2.49.